The molecule has 1 aromatic heterocycles. The lowest BCUT2D eigenvalue weighted by molar-refractivity contribution is 0.133. The molecule has 0 fully saturated rings. The first-order valence-corrected chi connectivity index (χ1v) is 8.01. The highest BCUT2D eigenvalue weighted by molar-refractivity contribution is 8.00. The van der Waals surface area contributed by atoms with Gasteiger partial charge >= 0.3 is 0 Å². The predicted molar refractivity (Wildman–Crippen MR) is 83.2 cm³/mol. The lowest BCUT2D eigenvalue weighted by Crippen LogP contribution is -2.11. The van der Waals surface area contributed by atoms with E-state index in [0.717, 1.165) is 32.5 Å². The van der Waals surface area contributed by atoms with Crippen molar-refractivity contribution in [1.82, 2.24) is 4.98 Å². The number of aryl methyl sites for hydroxylation is 1. The normalized spacial score (nSPS) is 17.1. The predicted octanol–water partition coefficient (Wildman–Crippen LogP) is 3.75. The monoisotopic (exact) mass is 285 g/mol. The number of hydrogen-bond donors (Lipinski definition) is 0. The van der Waals surface area contributed by atoms with E-state index in [9.17, 15) is 0 Å². The second-order valence-electron chi connectivity index (χ2n) is 5.09. The van der Waals surface area contributed by atoms with Gasteiger partial charge in [0.15, 0.2) is 0 Å². The first kappa shape index (κ1) is 13.7. The molecule has 0 spiro atoms. The zero-order valence-corrected chi connectivity index (χ0v) is 12.3. The largest absolute Gasteiger partial charge is 0.380 e. The van der Waals surface area contributed by atoms with Crippen molar-refractivity contribution in [1.29, 1.82) is 0 Å². The van der Waals surface area contributed by atoms with E-state index in [-0.39, 0.29) is 0 Å². The molecule has 1 aromatic carbocycles. The van der Waals surface area contributed by atoms with Gasteiger partial charge in [-0.05, 0) is 48.6 Å². The van der Waals surface area contributed by atoms with E-state index in [2.05, 4.69) is 41.4 Å². The van der Waals surface area contributed by atoms with E-state index in [1.807, 2.05) is 24.2 Å². The summed E-state index contributed by atoms with van der Waals surface area (Å²) in [7, 11) is 0. The van der Waals surface area contributed by atoms with Gasteiger partial charge in [0.05, 0.1) is 6.61 Å². The van der Waals surface area contributed by atoms with Crippen LogP contribution >= 0.6 is 11.8 Å². The molecule has 0 amide bonds. The Morgan fingerprint density at radius 1 is 1.15 bits per heavy atom. The quantitative estimate of drug-likeness (QED) is 0.755. The molecular formula is C17H19NOS. The standard InChI is InChI=1S/C17H19NOS/c1-2-6-17-15(5-1)12-16(20-17)13-19-11-3-4-14-7-9-18-10-8-14/h1-2,5-10,16H,3-4,11-13H2. The molecule has 0 aliphatic carbocycles. The number of fused-ring (bicyclic) bond motifs is 1. The van der Waals surface area contributed by atoms with Crippen LogP contribution in [0.15, 0.2) is 53.7 Å². The third kappa shape index (κ3) is 3.62. The van der Waals surface area contributed by atoms with Gasteiger partial charge in [0.25, 0.3) is 0 Å². The van der Waals surface area contributed by atoms with Crippen LogP contribution in [0.3, 0.4) is 0 Å². The summed E-state index contributed by atoms with van der Waals surface area (Å²) in [6.45, 7) is 1.70. The Morgan fingerprint density at radius 2 is 2.00 bits per heavy atom. The highest BCUT2D eigenvalue weighted by atomic mass is 32.2. The molecule has 104 valence electrons. The fraction of sp³-hybridized carbons (Fsp3) is 0.353. The van der Waals surface area contributed by atoms with Crippen LogP contribution in [0.25, 0.3) is 0 Å². The average molecular weight is 285 g/mol. The van der Waals surface area contributed by atoms with E-state index in [0.29, 0.717) is 5.25 Å². The molecule has 1 aliphatic heterocycles. The molecule has 1 aliphatic rings. The molecule has 3 heteroatoms. The van der Waals surface area contributed by atoms with Gasteiger partial charge in [-0.3, -0.25) is 4.98 Å². The third-order valence-electron chi connectivity index (χ3n) is 3.52. The van der Waals surface area contributed by atoms with Crippen LogP contribution < -0.4 is 0 Å². The van der Waals surface area contributed by atoms with E-state index in [1.165, 1.54) is 16.0 Å². The molecule has 2 nitrogen and oxygen atoms in total. The highest BCUT2D eigenvalue weighted by Crippen LogP contribution is 2.36. The number of hydrogen-bond acceptors (Lipinski definition) is 3. The highest BCUT2D eigenvalue weighted by Gasteiger charge is 2.21. The summed E-state index contributed by atoms with van der Waals surface area (Å²) < 4.78 is 5.83. The van der Waals surface area contributed by atoms with Crippen LogP contribution in [-0.4, -0.2) is 23.4 Å². The molecule has 0 saturated carbocycles. The molecule has 2 heterocycles. The Morgan fingerprint density at radius 3 is 2.85 bits per heavy atom. The van der Waals surface area contributed by atoms with Gasteiger partial charge in [-0.15, -0.1) is 11.8 Å². The van der Waals surface area contributed by atoms with Gasteiger partial charge in [0, 0.05) is 29.1 Å². The number of aromatic nitrogens is 1. The number of ether oxygens (including phenoxy) is 1. The van der Waals surface area contributed by atoms with Crippen molar-refractivity contribution in [2.24, 2.45) is 0 Å². The van der Waals surface area contributed by atoms with E-state index < -0.39 is 0 Å². The van der Waals surface area contributed by atoms with Gasteiger partial charge < -0.3 is 4.74 Å². The first-order chi connectivity index (χ1) is 9.92. The van der Waals surface area contributed by atoms with Crippen molar-refractivity contribution in [3.05, 3.63) is 59.9 Å². The molecule has 0 saturated heterocycles. The molecule has 3 rings (SSSR count). The maximum atomic E-state index is 5.83. The van der Waals surface area contributed by atoms with E-state index in [4.69, 9.17) is 4.74 Å². The molecule has 1 atom stereocenters. The summed E-state index contributed by atoms with van der Waals surface area (Å²) in [6.07, 6.45) is 6.99. The second-order valence-corrected chi connectivity index (χ2v) is 6.43. The molecule has 0 radical (unpaired) electrons. The SMILES string of the molecule is c1ccc2c(c1)CC(COCCCc1ccncc1)S2. The summed E-state index contributed by atoms with van der Waals surface area (Å²) in [6, 6.07) is 12.8. The zero-order valence-electron chi connectivity index (χ0n) is 11.5. The molecule has 0 bridgehead atoms. The Labute approximate surface area is 124 Å². The average Bonchev–Trinajstić information content (AvgIpc) is 2.90. The number of rotatable bonds is 6. The third-order valence-corrected chi connectivity index (χ3v) is 4.81. The van der Waals surface area contributed by atoms with Crippen LogP contribution in [0.4, 0.5) is 0 Å². The minimum absolute atomic E-state index is 0.591. The molecule has 20 heavy (non-hydrogen) atoms. The van der Waals surface area contributed by atoms with Crippen LogP contribution in [-0.2, 0) is 17.6 Å². The van der Waals surface area contributed by atoms with Crippen LogP contribution in [0.1, 0.15) is 17.5 Å². The van der Waals surface area contributed by atoms with Crippen LogP contribution in [0.2, 0.25) is 0 Å². The summed E-state index contributed by atoms with van der Waals surface area (Å²) in [5.41, 5.74) is 2.81. The maximum Gasteiger partial charge on any atom is 0.0591 e. The summed E-state index contributed by atoms with van der Waals surface area (Å²) in [5, 5.41) is 0.591. The maximum absolute atomic E-state index is 5.83. The Kier molecular flexibility index (Phi) is 4.72. The number of thioether (sulfide) groups is 1. The van der Waals surface area contributed by atoms with Crippen LogP contribution in [0, 0.1) is 0 Å². The van der Waals surface area contributed by atoms with Gasteiger partial charge in [-0.1, -0.05) is 18.2 Å². The van der Waals surface area contributed by atoms with Crippen molar-refractivity contribution < 1.29 is 4.74 Å². The lowest BCUT2D eigenvalue weighted by atomic mass is 10.1. The fourth-order valence-corrected chi connectivity index (χ4v) is 3.74. The first-order valence-electron chi connectivity index (χ1n) is 7.13. The second kappa shape index (κ2) is 6.91. The van der Waals surface area contributed by atoms with Crippen molar-refractivity contribution >= 4 is 11.8 Å². The molecular weight excluding hydrogens is 266 g/mol. The van der Waals surface area contributed by atoms with Crippen molar-refractivity contribution in [2.45, 2.75) is 29.4 Å². The van der Waals surface area contributed by atoms with Crippen LogP contribution in [0.5, 0.6) is 0 Å². The molecule has 0 N–H and O–H groups in total. The minimum atomic E-state index is 0.591. The van der Waals surface area contributed by atoms with Gasteiger partial charge in [0.2, 0.25) is 0 Å². The smallest absolute Gasteiger partial charge is 0.0591 e. The topological polar surface area (TPSA) is 22.1 Å². The minimum Gasteiger partial charge on any atom is -0.380 e. The molecule has 2 aromatic rings. The number of benzene rings is 1. The van der Waals surface area contributed by atoms with Gasteiger partial charge in [0.1, 0.15) is 0 Å². The number of nitrogens with zero attached hydrogens (tertiary/aromatic N) is 1. The Balaban J connectivity index is 1.34. The van der Waals surface area contributed by atoms with Gasteiger partial charge in [-0.2, -0.15) is 0 Å². The van der Waals surface area contributed by atoms with Gasteiger partial charge in [-0.25, -0.2) is 0 Å². The summed E-state index contributed by atoms with van der Waals surface area (Å²) in [4.78, 5) is 5.46. The van der Waals surface area contributed by atoms with Crippen molar-refractivity contribution in [3.63, 3.8) is 0 Å². The fourth-order valence-electron chi connectivity index (χ4n) is 2.49. The summed E-state index contributed by atoms with van der Waals surface area (Å²) >= 11 is 1.96. The zero-order chi connectivity index (χ0) is 13.6. The van der Waals surface area contributed by atoms with Crippen molar-refractivity contribution in [2.75, 3.05) is 13.2 Å². The van der Waals surface area contributed by atoms with E-state index >= 15 is 0 Å². The Bertz CT molecular complexity index is 519. The number of pyridine rings is 1. The summed E-state index contributed by atoms with van der Waals surface area (Å²) in [5.74, 6) is 0. The molecule has 1 unspecified atom stereocenters. The van der Waals surface area contributed by atoms with E-state index in [1.54, 1.807) is 0 Å². The van der Waals surface area contributed by atoms with Crippen molar-refractivity contribution in [3.8, 4) is 0 Å². The lowest BCUT2D eigenvalue weighted by Gasteiger charge is -2.09. The Hall–Kier alpha value is -1.32.